The highest BCUT2D eigenvalue weighted by Gasteiger charge is 2.18. The molecule has 2 aromatic rings. The molecule has 0 saturated heterocycles. The molecule has 2 aromatic carbocycles. The lowest BCUT2D eigenvalue weighted by Crippen LogP contribution is -2.45. The maximum absolute atomic E-state index is 10.5. The maximum Gasteiger partial charge on any atom is 0.191 e. The molecule has 0 radical (unpaired) electrons. The van der Waals surface area contributed by atoms with Crippen LogP contribution in [0.15, 0.2) is 53.5 Å². The Labute approximate surface area is 173 Å². The van der Waals surface area contributed by atoms with E-state index in [0.717, 1.165) is 37.4 Å². The van der Waals surface area contributed by atoms with E-state index in [1.807, 2.05) is 31.2 Å². The van der Waals surface area contributed by atoms with Crippen LogP contribution in [0.4, 0.5) is 0 Å². The molecule has 29 heavy (non-hydrogen) atoms. The maximum atomic E-state index is 10.5. The lowest BCUT2D eigenvalue weighted by Gasteiger charge is -2.30. The number of hydrogen-bond acceptors (Lipinski definition) is 4. The summed E-state index contributed by atoms with van der Waals surface area (Å²) in [7, 11) is 1.67. The molecule has 0 saturated carbocycles. The van der Waals surface area contributed by atoms with Crippen LogP contribution < -0.4 is 15.4 Å². The van der Waals surface area contributed by atoms with Gasteiger partial charge in [0.2, 0.25) is 0 Å². The van der Waals surface area contributed by atoms with Crippen LogP contribution in [0, 0.1) is 0 Å². The van der Waals surface area contributed by atoms with Gasteiger partial charge in [0.25, 0.3) is 0 Å². The van der Waals surface area contributed by atoms with Crippen LogP contribution in [0.3, 0.4) is 0 Å². The quantitative estimate of drug-likeness (QED) is 0.471. The third-order valence-corrected chi connectivity index (χ3v) is 5.13. The lowest BCUT2D eigenvalue weighted by atomic mass is 10.00. The molecule has 6 heteroatoms. The van der Waals surface area contributed by atoms with Crippen LogP contribution in [-0.4, -0.2) is 55.4 Å². The van der Waals surface area contributed by atoms with Gasteiger partial charge in [-0.1, -0.05) is 42.5 Å². The molecule has 0 fully saturated rings. The van der Waals surface area contributed by atoms with Gasteiger partial charge in [0.05, 0.1) is 19.8 Å². The summed E-state index contributed by atoms with van der Waals surface area (Å²) >= 11 is 0. The second kappa shape index (κ2) is 10.8. The summed E-state index contributed by atoms with van der Waals surface area (Å²) in [6.07, 6.45) is 0.578. The first-order valence-electron chi connectivity index (χ1n) is 10.3. The van der Waals surface area contributed by atoms with E-state index >= 15 is 0 Å². The minimum absolute atomic E-state index is 0.454. The Balaban J connectivity index is 1.50. The van der Waals surface area contributed by atoms with Gasteiger partial charge < -0.3 is 20.5 Å². The molecule has 1 aliphatic rings. The highest BCUT2D eigenvalue weighted by Crippen LogP contribution is 2.19. The van der Waals surface area contributed by atoms with Gasteiger partial charge in [-0.05, 0) is 30.5 Å². The summed E-state index contributed by atoms with van der Waals surface area (Å²) < 4.78 is 5.39. The topological polar surface area (TPSA) is 69.1 Å². The SMILES string of the molecule is CCNC(=NCc1ccccc1OC)NCC(O)CN1CCc2ccccc2C1. The Morgan fingerprint density at radius 3 is 2.69 bits per heavy atom. The number of aliphatic imine (C=N–C) groups is 1. The highest BCUT2D eigenvalue weighted by molar-refractivity contribution is 5.79. The number of fused-ring (bicyclic) bond motifs is 1. The van der Waals surface area contributed by atoms with Crippen LogP contribution in [0.2, 0.25) is 0 Å². The van der Waals surface area contributed by atoms with Crippen molar-refractivity contribution in [2.45, 2.75) is 32.5 Å². The third-order valence-electron chi connectivity index (χ3n) is 5.13. The average molecular weight is 397 g/mol. The number of ether oxygens (including phenoxy) is 1. The largest absolute Gasteiger partial charge is 0.496 e. The molecule has 0 bridgehead atoms. The number of nitrogens with zero attached hydrogens (tertiary/aromatic N) is 2. The first-order chi connectivity index (χ1) is 14.2. The number of hydrogen-bond donors (Lipinski definition) is 3. The van der Waals surface area contributed by atoms with Crippen LogP contribution in [-0.2, 0) is 19.5 Å². The van der Waals surface area contributed by atoms with Crippen LogP contribution in [0.25, 0.3) is 0 Å². The van der Waals surface area contributed by atoms with Crippen molar-refractivity contribution in [3.63, 3.8) is 0 Å². The number of β-amino-alcohol motifs (C(OH)–C–C–N with tert-alkyl or cyclic N) is 1. The number of aliphatic hydroxyl groups is 1. The van der Waals surface area contributed by atoms with Crippen molar-refractivity contribution in [2.24, 2.45) is 4.99 Å². The molecule has 1 unspecified atom stereocenters. The highest BCUT2D eigenvalue weighted by atomic mass is 16.5. The van der Waals surface area contributed by atoms with E-state index in [2.05, 4.69) is 44.8 Å². The second-order valence-corrected chi connectivity index (χ2v) is 7.30. The van der Waals surface area contributed by atoms with E-state index in [4.69, 9.17) is 4.74 Å². The van der Waals surface area contributed by atoms with Crippen molar-refractivity contribution in [3.05, 3.63) is 65.2 Å². The first-order valence-corrected chi connectivity index (χ1v) is 10.3. The minimum Gasteiger partial charge on any atom is -0.496 e. The molecule has 1 atom stereocenters. The van der Waals surface area contributed by atoms with Crippen molar-refractivity contribution >= 4 is 5.96 Å². The Morgan fingerprint density at radius 1 is 1.14 bits per heavy atom. The van der Waals surface area contributed by atoms with Gasteiger partial charge in [0, 0.05) is 38.3 Å². The number of nitrogens with one attached hydrogen (secondary N) is 2. The summed E-state index contributed by atoms with van der Waals surface area (Å²) in [6, 6.07) is 16.4. The van der Waals surface area contributed by atoms with Crippen LogP contribution in [0.5, 0.6) is 5.75 Å². The summed E-state index contributed by atoms with van der Waals surface area (Å²) in [5.74, 6) is 1.53. The van der Waals surface area contributed by atoms with Crippen molar-refractivity contribution < 1.29 is 9.84 Å². The van der Waals surface area contributed by atoms with Gasteiger partial charge in [-0.3, -0.25) is 4.90 Å². The van der Waals surface area contributed by atoms with Gasteiger partial charge in [0.1, 0.15) is 5.75 Å². The van der Waals surface area contributed by atoms with E-state index in [1.54, 1.807) is 7.11 Å². The molecule has 0 aromatic heterocycles. The summed E-state index contributed by atoms with van der Waals surface area (Å²) in [4.78, 5) is 6.94. The molecule has 0 amide bonds. The molecule has 3 N–H and O–H groups in total. The van der Waals surface area contributed by atoms with Gasteiger partial charge in [-0.25, -0.2) is 4.99 Å². The molecule has 1 heterocycles. The average Bonchev–Trinajstić information content (AvgIpc) is 2.75. The number of methoxy groups -OCH3 is 1. The van der Waals surface area contributed by atoms with Crippen molar-refractivity contribution in [1.82, 2.24) is 15.5 Å². The summed E-state index contributed by atoms with van der Waals surface area (Å²) in [5.41, 5.74) is 3.82. The van der Waals surface area contributed by atoms with E-state index < -0.39 is 6.10 Å². The fourth-order valence-electron chi connectivity index (χ4n) is 3.63. The van der Waals surface area contributed by atoms with Gasteiger partial charge >= 0.3 is 0 Å². The van der Waals surface area contributed by atoms with Gasteiger partial charge in [-0.15, -0.1) is 0 Å². The molecule has 156 valence electrons. The third kappa shape index (κ3) is 6.21. The van der Waals surface area contributed by atoms with Crippen molar-refractivity contribution in [2.75, 3.05) is 33.3 Å². The van der Waals surface area contributed by atoms with Gasteiger partial charge in [0.15, 0.2) is 5.96 Å². The van der Waals surface area contributed by atoms with E-state index in [0.29, 0.717) is 25.6 Å². The zero-order valence-corrected chi connectivity index (χ0v) is 17.4. The van der Waals surface area contributed by atoms with Crippen LogP contribution >= 0.6 is 0 Å². The van der Waals surface area contributed by atoms with E-state index in [9.17, 15) is 5.11 Å². The van der Waals surface area contributed by atoms with Crippen molar-refractivity contribution in [3.8, 4) is 5.75 Å². The Hall–Kier alpha value is -2.57. The number of rotatable bonds is 8. The van der Waals surface area contributed by atoms with Gasteiger partial charge in [-0.2, -0.15) is 0 Å². The second-order valence-electron chi connectivity index (χ2n) is 7.30. The van der Waals surface area contributed by atoms with E-state index in [-0.39, 0.29) is 0 Å². The molecule has 3 rings (SSSR count). The summed E-state index contributed by atoms with van der Waals surface area (Å²) in [6.45, 7) is 6.28. The zero-order chi connectivity index (χ0) is 20.5. The number of guanidine groups is 1. The number of aliphatic hydroxyl groups excluding tert-OH is 1. The number of benzene rings is 2. The summed E-state index contributed by atoms with van der Waals surface area (Å²) in [5, 5.41) is 17.0. The van der Waals surface area contributed by atoms with Crippen LogP contribution in [0.1, 0.15) is 23.6 Å². The standard InChI is InChI=1S/C23H32N4O2/c1-3-24-23(25-14-19-9-6-7-11-22(19)29-2)26-15-21(28)17-27-13-12-18-8-4-5-10-20(18)16-27/h4-11,21,28H,3,12-17H2,1-2H3,(H2,24,25,26). The normalized spacial score (nSPS) is 15.5. The molecule has 0 aliphatic carbocycles. The fraction of sp³-hybridized carbons (Fsp3) is 0.435. The molecular weight excluding hydrogens is 364 g/mol. The minimum atomic E-state index is -0.463. The fourth-order valence-corrected chi connectivity index (χ4v) is 3.63. The Kier molecular flexibility index (Phi) is 7.90. The zero-order valence-electron chi connectivity index (χ0n) is 17.4. The number of para-hydroxylation sites is 1. The first kappa shape index (κ1) is 21.1. The Bertz CT molecular complexity index is 809. The molecule has 1 aliphatic heterocycles. The molecular formula is C23H32N4O2. The monoisotopic (exact) mass is 396 g/mol. The Morgan fingerprint density at radius 2 is 1.90 bits per heavy atom. The lowest BCUT2D eigenvalue weighted by molar-refractivity contribution is 0.108. The predicted molar refractivity (Wildman–Crippen MR) is 117 cm³/mol. The predicted octanol–water partition coefficient (Wildman–Crippen LogP) is 2.17. The van der Waals surface area contributed by atoms with E-state index in [1.165, 1.54) is 11.1 Å². The smallest absolute Gasteiger partial charge is 0.191 e. The van der Waals surface area contributed by atoms with Crippen molar-refractivity contribution in [1.29, 1.82) is 0 Å². The molecule has 0 spiro atoms. The molecule has 6 nitrogen and oxygen atoms in total.